The van der Waals surface area contributed by atoms with Crippen molar-refractivity contribution in [1.29, 1.82) is 0 Å². The third kappa shape index (κ3) is 3.29. The summed E-state index contributed by atoms with van der Waals surface area (Å²) in [6, 6.07) is 3.37. The van der Waals surface area contributed by atoms with Crippen molar-refractivity contribution in [2.45, 2.75) is 32.4 Å². The number of carbonyl (C=O) groups excluding carboxylic acids is 2. The van der Waals surface area contributed by atoms with Crippen LogP contribution in [0.4, 0.5) is 0 Å². The predicted octanol–water partition coefficient (Wildman–Crippen LogP) is 1.25. The van der Waals surface area contributed by atoms with Crippen molar-refractivity contribution < 1.29 is 9.59 Å². The van der Waals surface area contributed by atoms with Crippen molar-refractivity contribution >= 4 is 11.8 Å². The van der Waals surface area contributed by atoms with E-state index in [0.29, 0.717) is 17.8 Å². The lowest BCUT2D eigenvalue weighted by Crippen LogP contribution is -2.38. The number of hydrogen-bond donors (Lipinski definition) is 1. The average molecular weight is 327 g/mol. The van der Waals surface area contributed by atoms with E-state index < -0.39 is 0 Å². The average Bonchev–Trinajstić information content (AvgIpc) is 3.23. The molecule has 1 fully saturated rings. The van der Waals surface area contributed by atoms with Gasteiger partial charge in [0.05, 0.1) is 24.3 Å². The Morgan fingerprint density at radius 2 is 2.17 bits per heavy atom. The Morgan fingerprint density at radius 1 is 1.33 bits per heavy atom. The van der Waals surface area contributed by atoms with Crippen LogP contribution >= 0.6 is 0 Å². The molecule has 3 rings (SSSR count). The Kier molecular flexibility index (Phi) is 4.59. The van der Waals surface area contributed by atoms with E-state index in [1.165, 1.54) is 6.20 Å². The first kappa shape index (κ1) is 16.2. The number of rotatable bonds is 4. The molecule has 1 N–H and O–H groups in total. The van der Waals surface area contributed by atoms with Crippen molar-refractivity contribution in [3.63, 3.8) is 0 Å². The maximum absolute atomic E-state index is 12.8. The van der Waals surface area contributed by atoms with Crippen LogP contribution in [0.1, 0.15) is 39.3 Å². The molecule has 24 heavy (non-hydrogen) atoms. The quantitative estimate of drug-likeness (QED) is 0.916. The number of nitrogens with zero attached hydrogens (tertiary/aromatic N) is 4. The van der Waals surface area contributed by atoms with Gasteiger partial charge in [-0.15, -0.1) is 0 Å². The Morgan fingerprint density at radius 3 is 2.79 bits per heavy atom. The smallest absolute Gasteiger partial charge is 0.269 e. The number of hydrogen-bond acceptors (Lipinski definition) is 4. The molecule has 126 valence electrons. The summed E-state index contributed by atoms with van der Waals surface area (Å²) in [7, 11) is 1.55. The number of likely N-dealkylation sites (tertiary alicyclic amines) is 1. The summed E-state index contributed by atoms with van der Waals surface area (Å²) >= 11 is 0. The second-order valence-electron chi connectivity index (χ2n) is 6.05. The van der Waals surface area contributed by atoms with Crippen LogP contribution in [0.5, 0.6) is 0 Å². The van der Waals surface area contributed by atoms with Gasteiger partial charge in [-0.05, 0) is 37.5 Å². The van der Waals surface area contributed by atoms with E-state index in [1.54, 1.807) is 19.2 Å². The van der Waals surface area contributed by atoms with Gasteiger partial charge in [-0.2, -0.15) is 5.10 Å². The lowest BCUT2D eigenvalue weighted by Gasteiger charge is -2.24. The first-order valence-corrected chi connectivity index (χ1v) is 8.06. The monoisotopic (exact) mass is 327 g/mol. The van der Waals surface area contributed by atoms with Gasteiger partial charge in [0, 0.05) is 26.0 Å². The third-order valence-electron chi connectivity index (χ3n) is 4.27. The second kappa shape index (κ2) is 6.82. The summed E-state index contributed by atoms with van der Waals surface area (Å²) in [5.74, 6) is -0.306. The van der Waals surface area contributed by atoms with Crippen molar-refractivity contribution in [3.8, 4) is 0 Å². The molecule has 2 aromatic heterocycles. The lowest BCUT2D eigenvalue weighted by atomic mass is 10.2. The van der Waals surface area contributed by atoms with Crippen molar-refractivity contribution in [2.24, 2.45) is 0 Å². The van der Waals surface area contributed by atoms with Gasteiger partial charge < -0.3 is 10.2 Å². The summed E-state index contributed by atoms with van der Waals surface area (Å²) in [5.41, 5.74) is 1.92. The Bertz CT molecular complexity index is 738. The van der Waals surface area contributed by atoms with Gasteiger partial charge in [-0.25, -0.2) is 0 Å². The number of carbonyl (C=O) groups is 2. The fraction of sp³-hybridized carbons (Fsp3) is 0.412. The van der Waals surface area contributed by atoms with Gasteiger partial charge in [0.1, 0.15) is 5.69 Å². The fourth-order valence-electron chi connectivity index (χ4n) is 3.02. The maximum Gasteiger partial charge on any atom is 0.269 e. The minimum atomic E-state index is -0.262. The molecule has 2 aromatic rings. The topological polar surface area (TPSA) is 80.1 Å². The molecule has 1 aliphatic rings. The minimum absolute atomic E-state index is 0.0441. The van der Waals surface area contributed by atoms with Gasteiger partial charge in [-0.3, -0.25) is 19.3 Å². The van der Waals surface area contributed by atoms with E-state index in [-0.39, 0.29) is 17.9 Å². The van der Waals surface area contributed by atoms with Gasteiger partial charge >= 0.3 is 0 Å². The fourth-order valence-corrected chi connectivity index (χ4v) is 3.02. The SMILES string of the molecule is CNC(=O)c1ccc(C(=O)N2CCC[C@@H]2Cn2cc(C)cn2)cn1. The Hall–Kier alpha value is -2.70. The number of nitrogens with one attached hydrogen (secondary N) is 1. The van der Waals surface area contributed by atoms with Crippen LogP contribution in [-0.4, -0.2) is 51.1 Å². The van der Waals surface area contributed by atoms with Crippen molar-refractivity contribution in [2.75, 3.05) is 13.6 Å². The first-order valence-electron chi connectivity index (χ1n) is 8.06. The standard InChI is InChI=1S/C17H21N5O2/c1-12-8-20-21(10-12)11-14-4-3-7-22(14)17(24)13-5-6-15(19-9-13)16(23)18-2/h5-6,8-10,14H,3-4,7,11H2,1-2H3,(H,18,23)/t14-/m1/s1. The number of aryl methyl sites for hydroxylation is 1. The zero-order valence-corrected chi connectivity index (χ0v) is 13.9. The number of pyridine rings is 1. The summed E-state index contributed by atoms with van der Waals surface area (Å²) in [6.07, 6.45) is 7.23. The van der Waals surface area contributed by atoms with Gasteiger partial charge in [0.2, 0.25) is 0 Å². The molecule has 7 heteroatoms. The van der Waals surface area contributed by atoms with Crippen molar-refractivity contribution in [3.05, 3.63) is 47.5 Å². The molecular formula is C17H21N5O2. The van der Waals surface area contributed by atoms with E-state index in [2.05, 4.69) is 15.4 Å². The molecule has 1 saturated heterocycles. The molecule has 0 radical (unpaired) electrons. The predicted molar refractivity (Wildman–Crippen MR) is 88.6 cm³/mol. The zero-order chi connectivity index (χ0) is 17.1. The van der Waals surface area contributed by atoms with Crippen LogP contribution in [0.2, 0.25) is 0 Å². The Labute approximate surface area is 140 Å². The third-order valence-corrected chi connectivity index (χ3v) is 4.27. The largest absolute Gasteiger partial charge is 0.354 e. The molecule has 0 spiro atoms. The van der Waals surface area contributed by atoms with E-state index in [9.17, 15) is 9.59 Å². The van der Waals surface area contributed by atoms with Crippen LogP contribution in [0, 0.1) is 6.92 Å². The molecule has 0 aliphatic carbocycles. The van der Waals surface area contributed by atoms with Crippen LogP contribution < -0.4 is 5.32 Å². The molecule has 0 aromatic carbocycles. The molecule has 2 amide bonds. The van der Waals surface area contributed by atoms with E-state index in [4.69, 9.17) is 0 Å². The highest BCUT2D eigenvalue weighted by atomic mass is 16.2. The number of aromatic nitrogens is 3. The normalized spacial score (nSPS) is 17.1. The van der Waals surface area contributed by atoms with E-state index >= 15 is 0 Å². The summed E-state index contributed by atoms with van der Waals surface area (Å²) in [5, 5.41) is 6.82. The molecule has 0 bridgehead atoms. The molecule has 3 heterocycles. The van der Waals surface area contributed by atoms with Crippen molar-refractivity contribution in [1.82, 2.24) is 25.0 Å². The zero-order valence-electron chi connectivity index (χ0n) is 13.9. The molecule has 1 aliphatic heterocycles. The highest BCUT2D eigenvalue weighted by molar-refractivity contribution is 5.96. The maximum atomic E-state index is 12.8. The van der Waals surface area contributed by atoms with Gasteiger partial charge in [-0.1, -0.05) is 0 Å². The van der Waals surface area contributed by atoms with Gasteiger partial charge in [0.15, 0.2) is 0 Å². The lowest BCUT2D eigenvalue weighted by molar-refractivity contribution is 0.0720. The van der Waals surface area contributed by atoms with Crippen LogP contribution in [0.25, 0.3) is 0 Å². The molecular weight excluding hydrogens is 306 g/mol. The molecule has 7 nitrogen and oxygen atoms in total. The van der Waals surface area contributed by atoms with E-state index in [0.717, 1.165) is 24.9 Å². The molecule has 0 unspecified atom stereocenters. The van der Waals surface area contributed by atoms with Crippen LogP contribution in [-0.2, 0) is 6.54 Å². The van der Waals surface area contributed by atoms with Crippen LogP contribution in [0.3, 0.4) is 0 Å². The summed E-state index contributed by atoms with van der Waals surface area (Å²) in [4.78, 5) is 30.2. The highest BCUT2D eigenvalue weighted by Crippen LogP contribution is 2.21. The van der Waals surface area contributed by atoms with E-state index in [1.807, 2.05) is 28.9 Å². The minimum Gasteiger partial charge on any atom is -0.354 e. The second-order valence-corrected chi connectivity index (χ2v) is 6.05. The molecule has 0 saturated carbocycles. The Balaban J connectivity index is 1.72. The highest BCUT2D eigenvalue weighted by Gasteiger charge is 2.30. The van der Waals surface area contributed by atoms with Gasteiger partial charge in [0.25, 0.3) is 11.8 Å². The first-order chi connectivity index (χ1) is 11.6. The van der Waals surface area contributed by atoms with Crippen LogP contribution in [0.15, 0.2) is 30.7 Å². The summed E-state index contributed by atoms with van der Waals surface area (Å²) in [6.45, 7) is 3.44. The number of amides is 2. The molecule has 1 atom stereocenters. The summed E-state index contributed by atoms with van der Waals surface area (Å²) < 4.78 is 1.89.